The van der Waals surface area contributed by atoms with Crippen LogP contribution in [0.1, 0.15) is 34.1 Å². The summed E-state index contributed by atoms with van der Waals surface area (Å²) in [5.74, 6) is -4.47. The molecule has 0 heterocycles. The molecule has 0 radical (unpaired) electrons. The van der Waals surface area contributed by atoms with Crippen LogP contribution in [0.5, 0.6) is 0 Å². The van der Waals surface area contributed by atoms with Gasteiger partial charge in [-0.3, -0.25) is 24.0 Å². The van der Waals surface area contributed by atoms with Gasteiger partial charge in [0.1, 0.15) is 30.7 Å². The highest BCUT2D eigenvalue weighted by Crippen LogP contribution is 2.06. The van der Waals surface area contributed by atoms with Crippen LogP contribution in [0.15, 0.2) is 0 Å². The molecule has 0 saturated heterocycles. The Kier molecular flexibility index (Phi) is 12.3. The van der Waals surface area contributed by atoms with Crippen molar-refractivity contribution in [1.29, 1.82) is 0 Å². The third kappa shape index (κ3) is 10.7. The van der Waals surface area contributed by atoms with Gasteiger partial charge in [0, 0.05) is 0 Å². The maximum Gasteiger partial charge on any atom is 0.322 e. The van der Waals surface area contributed by atoms with E-state index in [0.29, 0.717) is 0 Å². The van der Waals surface area contributed by atoms with Crippen LogP contribution >= 0.6 is 0 Å². The Balaban J connectivity index is 5.12. The Morgan fingerprint density at radius 1 is 0.839 bits per heavy atom. The molecule has 0 fully saturated rings. The molecule has 0 aromatic rings. The van der Waals surface area contributed by atoms with Crippen LogP contribution < -0.4 is 27.0 Å². The molecule has 0 aliphatic rings. The summed E-state index contributed by atoms with van der Waals surface area (Å²) in [6.07, 6.45) is -0.947. The minimum atomic E-state index is -1.42. The molecule has 0 aliphatic carbocycles. The molecule has 0 aromatic heterocycles. The van der Waals surface area contributed by atoms with Crippen LogP contribution in [0.25, 0.3) is 0 Å². The number of carbonyl (C=O) groups excluding carboxylic acids is 4. The number of carboxylic acids is 1. The molecule has 0 spiro atoms. The summed E-state index contributed by atoms with van der Waals surface area (Å²) < 4.78 is 0. The van der Waals surface area contributed by atoms with Crippen molar-refractivity contribution in [2.24, 2.45) is 11.7 Å². The van der Waals surface area contributed by atoms with E-state index < -0.39 is 73.0 Å². The minimum Gasteiger partial charge on any atom is -0.480 e. The summed E-state index contributed by atoms with van der Waals surface area (Å²) in [4.78, 5) is 59.4. The van der Waals surface area contributed by atoms with Gasteiger partial charge in [0.2, 0.25) is 23.6 Å². The second-order valence-electron chi connectivity index (χ2n) is 7.54. The van der Waals surface area contributed by atoms with Crippen LogP contribution in [-0.4, -0.2) is 88.3 Å². The van der Waals surface area contributed by atoms with Crippen molar-refractivity contribution in [2.45, 2.75) is 64.4 Å². The molecule has 0 aromatic carbocycles. The summed E-state index contributed by atoms with van der Waals surface area (Å²) in [6.45, 7) is 4.79. The lowest BCUT2D eigenvalue weighted by molar-refractivity contribution is -0.139. The molecule has 9 N–H and O–H groups in total. The van der Waals surface area contributed by atoms with E-state index >= 15 is 0 Å². The number of nitrogens with two attached hydrogens (primary N) is 1. The molecule has 31 heavy (non-hydrogen) atoms. The maximum absolute atomic E-state index is 12.6. The van der Waals surface area contributed by atoms with Crippen molar-refractivity contribution >= 4 is 29.6 Å². The summed E-state index contributed by atoms with van der Waals surface area (Å²) in [5.41, 5.74) is 5.51. The van der Waals surface area contributed by atoms with E-state index in [-0.39, 0.29) is 12.3 Å². The Morgan fingerprint density at radius 3 is 1.84 bits per heavy atom. The van der Waals surface area contributed by atoms with Gasteiger partial charge >= 0.3 is 5.97 Å². The van der Waals surface area contributed by atoms with Crippen LogP contribution in [0, 0.1) is 5.92 Å². The van der Waals surface area contributed by atoms with Crippen molar-refractivity contribution < 1.29 is 39.3 Å². The van der Waals surface area contributed by atoms with Crippen molar-refractivity contribution in [1.82, 2.24) is 21.3 Å². The van der Waals surface area contributed by atoms with Crippen LogP contribution in [0.2, 0.25) is 0 Å². The van der Waals surface area contributed by atoms with Gasteiger partial charge in [-0.2, -0.15) is 0 Å². The molecule has 0 unspecified atom stereocenters. The van der Waals surface area contributed by atoms with Crippen LogP contribution in [-0.2, 0) is 24.0 Å². The number of hydrogen-bond acceptors (Lipinski definition) is 8. The number of amides is 4. The first kappa shape index (κ1) is 28.2. The summed E-state index contributed by atoms with van der Waals surface area (Å²) in [7, 11) is 0. The molecule has 5 atom stereocenters. The van der Waals surface area contributed by atoms with Crippen molar-refractivity contribution in [3.63, 3.8) is 0 Å². The summed E-state index contributed by atoms with van der Waals surface area (Å²) in [5, 5.41) is 36.4. The quantitative estimate of drug-likeness (QED) is 0.140. The van der Waals surface area contributed by atoms with Gasteiger partial charge in [0.15, 0.2) is 0 Å². The van der Waals surface area contributed by atoms with E-state index in [1.807, 2.05) is 5.32 Å². The first-order chi connectivity index (χ1) is 14.3. The molecule has 0 saturated carbocycles. The number of nitrogens with one attached hydrogen (secondary N) is 4. The number of rotatable bonds is 13. The fraction of sp³-hybridized carbons (Fsp3) is 0.722. The van der Waals surface area contributed by atoms with Gasteiger partial charge in [0.25, 0.3) is 0 Å². The zero-order chi connectivity index (χ0) is 24.3. The molecule has 0 rings (SSSR count). The monoisotopic (exact) mass is 447 g/mol. The average molecular weight is 447 g/mol. The van der Waals surface area contributed by atoms with E-state index in [9.17, 15) is 34.2 Å². The van der Waals surface area contributed by atoms with Crippen molar-refractivity contribution in [3.8, 4) is 0 Å². The number of carbonyl (C=O) groups is 5. The molecular weight excluding hydrogens is 414 g/mol. The van der Waals surface area contributed by atoms with Crippen LogP contribution in [0.3, 0.4) is 0 Å². The normalized spacial score (nSPS) is 15.7. The highest BCUT2D eigenvalue weighted by Gasteiger charge is 2.29. The van der Waals surface area contributed by atoms with Gasteiger partial charge < -0.3 is 42.3 Å². The van der Waals surface area contributed by atoms with Gasteiger partial charge in [-0.05, 0) is 26.2 Å². The van der Waals surface area contributed by atoms with Crippen molar-refractivity contribution in [3.05, 3.63) is 0 Å². The molecular formula is C18H33N5O8. The van der Waals surface area contributed by atoms with E-state index in [4.69, 9.17) is 10.8 Å². The predicted octanol–water partition coefficient (Wildman–Crippen LogP) is -3.59. The Bertz CT molecular complexity index is 655. The molecule has 13 nitrogen and oxygen atoms in total. The fourth-order valence-electron chi connectivity index (χ4n) is 2.35. The average Bonchev–Trinajstić information content (AvgIpc) is 2.67. The number of aliphatic carboxylic acids is 1. The lowest BCUT2D eigenvalue weighted by Crippen LogP contribution is -2.58. The zero-order valence-corrected chi connectivity index (χ0v) is 18.0. The van der Waals surface area contributed by atoms with Crippen molar-refractivity contribution in [2.75, 3.05) is 13.2 Å². The number of aliphatic hydroxyl groups is 2. The highest BCUT2D eigenvalue weighted by atomic mass is 16.4. The first-order valence-corrected chi connectivity index (χ1v) is 9.75. The summed E-state index contributed by atoms with van der Waals surface area (Å²) >= 11 is 0. The second kappa shape index (κ2) is 13.5. The molecule has 178 valence electrons. The van der Waals surface area contributed by atoms with E-state index in [2.05, 4.69) is 16.0 Å². The van der Waals surface area contributed by atoms with Gasteiger partial charge in [0.05, 0.1) is 12.7 Å². The number of aliphatic hydroxyl groups excluding tert-OH is 2. The van der Waals surface area contributed by atoms with Gasteiger partial charge in [-0.15, -0.1) is 0 Å². The third-order valence-corrected chi connectivity index (χ3v) is 4.14. The molecule has 4 amide bonds. The van der Waals surface area contributed by atoms with Crippen LogP contribution in [0.4, 0.5) is 0 Å². The van der Waals surface area contributed by atoms with Gasteiger partial charge in [-0.1, -0.05) is 13.8 Å². The largest absolute Gasteiger partial charge is 0.480 e. The second-order valence-corrected chi connectivity index (χ2v) is 7.54. The van der Waals surface area contributed by atoms with E-state index in [1.54, 1.807) is 13.8 Å². The minimum absolute atomic E-state index is 0.0435. The smallest absolute Gasteiger partial charge is 0.322 e. The third-order valence-electron chi connectivity index (χ3n) is 4.14. The summed E-state index contributed by atoms with van der Waals surface area (Å²) in [6, 6.07) is -4.83. The SMILES string of the molecule is CC(C)C[C@H](NC(=O)[C@H](C)NC(=O)[C@@H](N)[C@@H](C)O)C(=O)N[C@@H](CO)C(=O)NCC(=O)O. The Morgan fingerprint density at radius 2 is 1.39 bits per heavy atom. The number of carboxylic acid groups (broad SMARTS) is 1. The van der Waals surface area contributed by atoms with Gasteiger partial charge in [-0.25, -0.2) is 0 Å². The molecule has 0 aliphatic heterocycles. The lowest BCUT2D eigenvalue weighted by atomic mass is 10.0. The Labute approximate surface area is 180 Å². The van der Waals surface area contributed by atoms with E-state index in [1.165, 1.54) is 13.8 Å². The maximum atomic E-state index is 12.6. The molecule has 0 bridgehead atoms. The zero-order valence-electron chi connectivity index (χ0n) is 18.0. The highest BCUT2D eigenvalue weighted by molar-refractivity contribution is 5.95. The molecule has 13 heteroatoms. The Hall–Kier alpha value is -2.77. The lowest BCUT2D eigenvalue weighted by Gasteiger charge is -2.25. The predicted molar refractivity (Wildman–Crippen MR) is 108 cm³/mol. The standard InChI is InChI=1S/C18H33N5O8/c1-8(2)5-11(17(30)23-12(7-24)16(29)20-6-13(26)27)22-15(28)9(3)21-18(31)14(19)10(4)25/h8-12,14,24-25H,5-7,19H2,1-4H3,(H,20,29)(H,21,31)(H,22,28)(H,23,30)(H,26,27)/t9-,10+,11-,12-,14-/m0/s1. The number of hydrogen-bond donors (Lipinski definition) is 8. The first-order valence-electron chi connectivity index (χ1n) is 9.75. The van der Waals surface area contributed by atoms with E-state index in [0.717, 1.165) is 0 Å². The fourth-order valence-corrected chi connectivity index (χ4v) is 2.35. The topological polar surface area (TPSA) is 220 Å².